The molecule has 9 heteroatoms. The molecule has 1 N–H and O–H groups in total. The number of carbonyl (C=O) groups is 1. The van der Waals surface area contributed by atoms with Crippen LogP contribution < -0.4 is 5.32 Å². The molecule has 2 aromatic rings. The maximum Gasteiger partial charge on any atom is 0.341 e. The van der Waals surface area contributed by atoms with Gasteiger partial charge in [0.15, 0.2) is 0 Å². The lowest BCUT2D eigenvalue weighted by molar-refractivity contribution is 0.102. The second-order valence-electron chi connectivity index (χ2n) is 4.14. The molecule has 0 radical (unpaired) electrons. The lowest BCUT2D eigenvalue weighted by Crippen LogP contribution is -2.14. The Labute approximate surface area is 129 Å². The van der Waals surface area contributed by atoms with Gasteiger partial charge in [0.25, 0.3) is 5.91 Å². The van der Waals surface area contributed by atoms with Gasteiger partial charge in [-0.15, -0.1) is 0 Å². The molecular weight excluding hydrogens is 338 g/mol. The number of carbonyl (C=O) groups excluding carboxylic acids is 1. The highest BCUT2D eigenvalue weighted by molar-refractivity contribution is 7.91. The summed E-state index contributed by atoms with van der Waals surface area (Å²) < 4.78 is 47.3. The first-order chi connectivity index (χ1) is 10.3. The molecule has 0 saturated carbocycles. The average molecular weight is 347 g/mol. The SMILES string of the molecule is O=C(Nc1ccc(S(=O)(=O)C(F)F)cc1)c1cc(Cl)ccn1. The second-order valence-corrected chi connectivity index (χ2v) is 6.50. The number of nitrogens with zero attached hydrogens (tertiary/aromatic N) is 1. The first kappa shape index (κ1) is 16.3. The Kier molecular flexibility index (Phi) is 4.72. The largest absolute Gasteiger partial charge is 0.341 e. The molecule has 22 heavy (non-hydrogen) atoms. The van der Waals surface area contributed by atoms with Gasteiger partial charge in [-0.05, 0) is 36.4 Å². The van der Waals surface area contributed by atoms with Gasteiger partial charge >= 0.3 is 5.76 Å². The summed E-state index contributed by atoms with van der Waals surface area (Å²) in [6.07, 6.45) is 1.36. The Hall–Kier alpha value is -2.06. The van der Waals surface area contributed by atoms with E-state index in [1.165, 1.54) is 30.5 Å². The van der Waals surface area contributed by atoms with Crippen LogP contribution in [0.3, 0.4) is 0 Å². The highest BCUT2D eigenvalue weighted by Gasteiger charge is 2.26. The molecule has 1 amide bonds. The summed E-state index contributed by atoms with van der Waals surface area (Å²) in [5, 5.41) is 2.78. The number of anilines is 1. The van der Waals surface area contributed by atoms with Gasteiger partial charge < -0.3 is 5.32 Å². The monoisotopic (exact) mass is 346 g/mol. The lowest BCUT2D eigenvalue weighted by atomic mass is 10.3. The average Bonchev–Trinajstić information content (AvgIpc) is 2.47. The third-order valence-corrected chi connectivity index (χ3v) is 4.26. The van der Waals surface area contributed by atoms with Crippen LogP contribution in [-0.4, -0.2) is 25.1 Å². The number of halogens is 3. The molecule has 0 aliphatic heterocycles. The molecule has 1 aromatic carbocycles. The molecule has 0 fully saturated rings. The molecule has 0 atom stereocenters. The van der Waals surface area contributed by atoms with E-state index in [9.17, 15) is 22.0 Å². The summed E-state index contributed by atoms with van der Waals surface area (Å²) >= 11 is 5.73. The number of hydrogen-bond donors (Lipinski definition) is 1. The summed E-state index contributed by atoms with van der Waals surface area (Å²) in [7, 11) is -4.66. The number of pyridine rings is 1. The van der Waals surface area contributed by atoms with Crippen LogP contribution in [0.4, 0.5) is 14.5 Å². The Morgan fingerprint density at radius 1 is 1.18 bits per heavy atom. The van der Waals surface area contributed by atoms with Crippen molar-refractivity contribution in [2.24, 2.45) is 0 Å². The van der Waals surface area contributed by atoms with E-state index in [2.05, 4.69) is 10.3 Å². The lowest BCUT2D eigenvalue weighted by Gasteiger charge is -2.07. The molecule has 0 aliphatic carbocycles. The zero-order valence-corrected chi connectivity index (χ0v) is 12.4. The molecule has 0 spiro atoms. The van der Waals surface area contributed by atoms with Crippen molar-refractivity contribution in [1.29, 1.82) is 0 Å². The molecule has 0 aliphatic rings. The van der Waals surface area contributed by atoms with Crippen LogP contribution >= 0.6 is 11.6 Å². The second kappa shape index (κ2) is 6.37. The summed E-state index contributed by atoms with van der Waals surface area (Å²) in [6.45, 7) is 0. The molecule has 0 saturated heterocycles. The van der Waals surface area contributed by atoms with Crippen LogP contribution in [0.2, 0.25) is 5.02 Å². The molecule has 0 bridgehead atoms. The minimum absolute atomic E-state index is 0.0665. The van der Waals surface area contributed by atoms with E-state index in [0.717, 1.165) is 12.1 Å². The van der Waals surface area contributed by atoms with E-state index < -0.39 is 26.4 Å². The Morgan fingerprint density at radius 2 is 1.82 bits per heavy atom. The van der Waals surface area contributed by atoms with Gasteiger partial charge in [0.2, 0.25) is 9.84 Å². The van der Waals surface area contributed by atoms with Gasteiger partial charge in [-0.3, -0.25) is 9.78 Å². The quantitative estimate of drug-likeness (QED) is 0.923. The predicted molar refractivity (Wildman–Crippen MR) is 76.8 cm³/mol. The van der Waals surface area contributed by atoms with Crippen molar-refractivity contribution in [2.75, 3.05) is 5.32 Å². The normalized spacial score (nSPS) is 11.5. The summed E-state index contributed by atoms with van der Waals surface area (Å²) in [6, 6.07) is 7.25. The topological polar surface area (TPSA) is 76.1 Å². The third-order valence-electron chi connectivity index (χ3n) is 2.63. The minimum Gasteiger partial charge on any atom is -0.321 e. The molecule has 2 rings (SSSR count). The first-order valence-corrected chi connectivity index (χ1v) is 7.78. The van der Waals surface area contributed by atoms with Gasteiger partial charge in [0.05, 0.1) is 4.90 Å². The number of rotatable bonds is 4. The molecule has 0 unspecified atom stereocenters. The van der Waals surface area contributed by atoms with Crippen LogP contribution in [0, 0.1) is 0 Å². The zero-order valence-electron chi connectivity index (χ0n) is 10.8. The fourth-order valence-corrected chi connectivity index (χ4v) is 2.44. The van der Waals surface area contributed by atoms with Gasteiger partial charge in [-0.25, -0.2) is 8.42 Å². The standard InChI is InChI=1S/C13H9ClF2N2O3S/c14-8-5-6-17-11(7-8)12(19)18-9-1-3-10(4-2-9)22(20,21)13(15)16/h1-7,13H,(H,18,19). The summed E-state index contributed by atoms with van der Waals surface area (Å²) in [5.41, 5.74) is 0.303. The Morgan fingerprint density at radius 3 is 2.36 bits per heavy atom. The number of amides is 1. The van der Waals surface area contributed by atoms with Gasteiger partial charge in [-0.1, -0.05) is 11.6 Å². The smallest absolute Gasteiger partial charge is 0.321 e. The maximum absolute atomic E-state index is 12.4. The van der Waals surface area contributed by atoms with Crippen LogP contribution in [0.1, 0.15) is 10.5 Å². The number of hydrogen-bond acceptors (Lipinski definition) is 4. The van der Waals surface area contributed by atoms with E-state index in [0.29, 0.717) is 5.02 Å². The van der Waals surface area contributed by atoms with E-state index in [1.807, 2.05) is 0 Å². The highest BCUT2D eigenvalue weighted by Crippen LogP contribution is 2.20. The van der Waals surface area contributed by atoms with E-state index in [-0.39, 0.29) is 11.4 Å². The van der Waals surface area contributed by atoms with Crippen molar-refractivity contribution < 1.29 is 22.0 Å². The van der Waals surface area contributed by atoms with Crippen LogP contribution in [0.5, 0.6) is 0 Å². The molecular formula is C13H9ClF2N2O3S. The van der Waals surface area contributed by atoms with Crippen molar-refractivity contribution >= 4 is 33.0 Å². The number of benzene rings is 1. The van der Waals surface area contributed by atoms with E-state index in [4.69, 9.17) is 11.6 Å². The van der Waals surface area contributed by atoms with Gasteiger partial charge in [0.1, 0.15) is 5.69 Å². The van der Waals surface area contributed by atoms with Gasteiger partial charge in [0, 0.05) is 16.9 Å². The molecule has 5 nitrogen and oxygen atoms in total. The molecule has 1 aromatic heterocycles. The van der Waals surface area contributed by atoms with Crippen LogP contribution in [0.25, 0.3) is 0 Å². The van der Waals surface area contributed by atoms with E-state index >= 15 is 0 Å². The van der Waals surface area contributed by atoms with Crippen LogP contribution in [-0.2, 0) is 9.84 Å². The maximum atomic E-state index is 12.4. The Bertz CT molecular complexity index is 795. The fraction of sp³-hybridized carbons (Fsp3) is 0.0769. The predicted octanol–water partition coefficient (Wildman–Crippen LogP) is 2.98. The summed E-state index contributed by atoms with van der Waals surface area (Å²) in [4.78, 5) is 15.2. The zero-order chi connectivity index (χ0) is 16.3. The number of nitrogens with one attached hydrogen (secondary N) is 1. The number of alkyl halides is 2. The van der Waals surface area contributed by atoms with Gasteiger partial charge in [-0.2, -0.15) is 8.78 Å². The van der Waals surface area contributed by atoms with Crippen molar-refractivity contribution in [2.45, 2.75) is 10.7 Å². The van der Waals surface area contributed by atoms with E-state index in [1.54, 1.807) is 0 Å². The highest BCUT2D eigenvalue weighted by atomic mass is 35.5. The first-order valence-electron chi connectivity index (χ1n) is 5.86. The Balaban J connectivity index is 2.17. The molecule has 116 valence electrons. The number of aromatic nitrogens is 1. The third kappa shape index (κ3) is 3.58. The van der Waals surface area contributed by atoms with Crippen LogP contribution in [0.15, 0.2) is 47.5 Å². The van der Waals surface area contributed by atoms with Crippen molar-refractivity contribution in [3.63, 3.8) is 0 Å². The minimum atomic E-state index is -4.66. The number of sulfone groups is 1. The molecule has 1 heterocycles. The summed E-state index contributed by atoms with van der Waals surface area (Å²) in [5.74, 6) is -4.06. The van der Waals surface area contributed by atoms with Crippen molar-refractivity contribution in [3.8, 4) is 0 Å². The fourth-order valence-electron chi connectivity index (χ4n) is 1.55. The van der Waals surface area contributed by atoms with Crippen molar-refractivity contribution in [3.05, 3.63) is 53.3 Å². The van der Waals surface area contributed by atoms with Crippen molar-refractivity contribution in [1.82, 2.24) is 4.98 Å².